The number of carboxylic acid groups (broad SMARTS) is 1. The van der Waals surface area contributed by atoms with Gasteiger partial charge >= 0.3 is 5.97 Å². The molecule has 1 saturated carbocycles. The topological polar surface area (TPSA) is 83.5 Å². The first-order chi connectivity index (χ1) is 12.8. The van der Waals surface area contributed by atoms with Gasteiger partial charge in [0.25, 0.3) is 0 Å². The summed E-state index contributed by atoms with van der Waals surface area (Å²) in [6.07, 6.45) is 3.79. The van der Waals surface area contributed by atoms with Gasteiger partial charge in [0.15, 0.2) is 0 Å². The van der Waals surface area contributed by atoms with Gasteiger partial charge in [-0.15, -0.1) is 0 Å². The lowest BCUT2D eigenvalue weighted by Gasteiger charge is -2.42. The number of hydrogen-bond donors (Lipinski definition) is 2. The molecular formula is C20H22ClNO4S. The molecule has 0 heterocycles. The van der Waals surface area contributed by atoms with Crippen molar-refractivity contribution in [3.8, 4) is 0 Å². The smallest absolute Gasteiger partial charge is 0.307 e. The molecule has 1 aliphatic carbocycles. The summed E-state index contributed by atoms with van der Waals surface area (Å²) in [6, 6.07) is 13.7. The van der Waals surface area contributed by atoms with E-state index < -0.39 is 16.0 Å². The molecule has 27 heavy (non-hydrogen) atoms. The summed E-state index contributed by atoms with van der Waals surface area (Å²) in [6.45, 7) is 0.384. The molecule has 0 radical (unpaired) electrons. The Balaban J connectivity index is 1.65. The summed E-state index contributed by atoms with van der Waals surface area (Å²) in [5.74, 6) is -0.852. The maximum Gasteiger partial charge on any atom is 0.307 e. The van der Waals surface area contributed by atoms with E-state index in [4.69, 9.17) is 16.7 Å². The molecule has 0 unspecified atom stereocenters. The minimum atomic E-state index is -3.57. The Bertz CT molecular complexity index is 904. The van der Waals surface area contributed by atoms with Crippen molar-refractivity contribution < 1.29 is 18.3 Å². The van der Waals surface area contributed by atoms with E-state index in [1.54, 1.807) is 12.1 Å². The van der Waals surface area contributed by atoms with Gasteiger partial charge in [-0.1, -0.05) is 42.3 Å². The summed E-state index contributed by atoms with van der Waals surface area (Å²) in [5, 5.41) is 9.35. The minimum Gasteiger partial charge on any atom is -0.481 e. The largest absolute Gasteiger partial charge is 0.481 e. The third-order valence-corrected chi connectivity index (χ3v) is 6.80. The van der Waals surface area contributed by atoms with Crippen LogP contribution in [0.3, 0.4) is 0 Å². The number of rotatable bonds is 8. The van der Waals surface area contributed by atoms with Gasteiger partial charge in [-0.3, -0.25) is 4.79 Å². The van der Waals surface area contributed by atoms with Crippen LogP contribution in [-0.2, 0) is 27.7 Å². The summed E-state index contributed by atoms with van der Waals surface area (Å²) < 4.78 is 27.8. The molecule has 1 aliphatic rings. The van der Waals surface area contributed by atoms with Gasteiger partial charge in [-0.2, -0.15) is 0 Å². The van der Waals surface area contributed by atoms with E-state index in [0.717, 1.165) is 36.8 Å². The van der Waals surface area contributed by atoms with Gasteiger partial charge in [0, 0.05) is 11.6 Å². The molecule has 0 atom stereocenters. The molecule has 3 rings (SSSR count). The molecule has 0 aromatic heterocycles. The highest BCUT2D eigenvalue weighted by Crippen LogP contribution is 2.43. The summed E-state index contributed by atoms with van der Waals surface area (Å²) >= 11 is 5.82. The van der Waals surface area contributed by atoms with Gasteiger partial charge in [-0.25, -0.2) is 13.1 Å². The van der Waals surface area contributed by atoms with Crippen molar-refractivity contribution in [2.24, 2.45) is 5.41 Å². The van der Waals surface area contributed by atoms with Gasteiger partial charge < -0.3 is 5.11 Å². The zero-order valence-corrected chi connectivity index (χ0v) is 16.4. The van der Waals surface area contributed by atoms with Gasteiger partial charge in [0.05, 0.1) is 11.3 Å². The summed E-state index contributed by atoms with van der Waals surface area (Å²) in [7, 11) is -3.57. The Labute approximate surface area is 164 Å². The zero-order valence-electron chi connectivity index (χ0n) is 14.8. The van der Waals surface area contributed by atoms with Crippen LogP contribution in [-0.4, -0.2) is 26.0 Å². The van der Waals surface area contributed by atoms with E-state index in [-0.39, 0.29) is 16.7 Å². The second-order valence-electron chi connectivity index (χ2n) is 7.20. The predicted molar refractivity (Wildman–Crippen MR) is 104 cm³/mol. The number of sulfonamides is 1. The standard InChI is InChI=1S/C20H22ClNO4S/c21-17-6-8-18(9-7-17)27(25,26)22-14-20(10-1-11-20)13-16-4-2-15(3-5-16)12-19(23)24/h2-9,22H,1,10-14H2,(H,23,24). The molecule has 0 bridgehead atoms. The second kappa shape index (κ2) is 8.00. The molecule has 0 saturated heterocycles. The number of carbonyl (C=O) groups is 1. The van der Waals surface area contributed by atoms with Crippen LogP contribution in [0.5, 0.6) is 0 Å². The molecule has 2 aromatic carbocycles. The Morgan fingerprint density at radius 1 is 1.04 bits per heavy atom. The Morgan fingerprint density at radius 2 is 1.63 bits per heavy atom. The number of aliphatic carboxylic acids is 1. The fourth-order valence-corrected chi connectivity index (χ4v) is 4.70. The summed E-state index contributed by atoms with van der Waals surface area (Å²) in [4.78, 5) is 11.0. The van der Waals surface area contributed by atoms with E-state index in [0.29, 0.717) is 11.6 Å². The maximum atomic E-state index is 12.5. The molecule has 5 nitrogen and oxygen atoms in total. The van der Waals surface area contributed by atoms with Crippen LogP contribution in [0.4, 0.5) is 0 Å². The fourth-order valence-electron chi connectivity index (χ4n) is 3.42. The van der Waals surface area contributed by atoms with Crippen molar-refractivity contribution in [3.05, 3.63) is 64.7 Å². The first-order valence-corrected chi connectivity index (χ1v) is 10.7. The van der Waals surface area contributed by atoms with Crippen molar-refractivity contribution in [3.63, 3.8) is 0 Å². The quantitative estimate of drug-likeness (QED) is 0.699. The number of benzene rings is 2. The first-order valence-electron chi connectivity index (χ1n) is 8.83. The van der Waals surface area contributed by atoms with Crippen LogP contribution < -0.4 is 4.72 Å². The Kier molecular flexibility index (Phi) is 5.89. The third-order valence-electron chi connectivity index (χ3n) is 5.13. The number of hydrogen-bond acceptors (Lipinski definition) is 3. The Morgan fingerprint density at radius 3 is 2.15 bits per heavy atom. The Hall–Kier alpha value is -1.89. The number of nitrogens with one attached hydrogen (secondary N) is 1. The average molecular weight is 408 g/mol. The lowest BCUT2D eigenvalue weighted by molar-refractivity contribution is -0.136. The van der Waals surface area contributed by atoms with Gasteiger partial charge in [-0.05, 0) is 60.1 Å². The van der Waals surface area contributed by atoms with Crippen molar-refractivity contribution in [2.45, 2.75) is 37.0 Å². The lowest BCUT2D eigenvalue weighted by atomic mass is 9.65. The normalized spacial score (nSPS) is 15.9. The highest BCUT2D eigenvalue weighted by molar-refractivity contribution is 7.89. The first kappa shape index (κ1) is 19.9. The van der Waals surface area contributed by atoms with Crippen molar-refractivity contribution in [2.75, 3.05) is 6.54 Å². The SMILES string of the molecule is O=C(O)Cc1ccc(CC2(CNS(=O)(=O)c3ccc(Cl)cc3)CCC2)cc1. The van der Waals surface area contributed by atoms with Crippen molar-refractivity contribution >= 4 is 27.6 Å². The van der Waals surface area contributed by atoms with E-state index >= 15 is 0 Å². The molecule has 0 amide bonds. The lowest BCUT2D eigenvalue weighted by Crippen LogP contribution is -2.43. The van der Waals surface area contributed by atoms with Gasteiger partial charge in [0.1, 0.15) is 0 Å². The third kappa shape index (κ3) is 5.09. The highest BCUT2D eigenvalue weighted by Gasteiger charge is 2.38. The van der Waals surface area contributed by atoms with Crippen LogP contribution >= 0.6 is 11.6 Å². The molecule has 0 aliphatic heterocycles. The fraction of sp³-hybridized carbons (Fsp3) is 0.350. The molecular weight excluding hydrogens is 386 g/mol. The van der Waals surface area contributed by atoms with Crippen molar-refractivity contribution in [1.29, 1.82) is 0 Å². The van der Waals surface area contributed by atoms with Crippen molar-refractivity contribution in [1.82, 2.24) is 4.72 Å². The van der Waals surface area contributed by atoms with Gasteiger partial charge in [0.2, 0.25) is 10.0 Å². The van der Waals surface area contributed by atoms with Crippen LogP contribution in [0.25, 0.3) is 0 Å². The minimum absolute atomic E-state index is 0.00626. The van der Waals surface area contributed by atoms with E-state index in [9.17, 15) is 13.2 Å². The highest BCUT2D eigenvalue weighted by atomic mass is 35.5. The molecule has 7 heteroatoms. The average Bonchev–Trinajstić information content (AvgIpc) is 2.58. The number of carboxylic acids is 1. The van der Waals surface area contributed by atoms with E-state index in [1.165, 1.54) is 12.1 Å². The zero-order chi connectivity index (χ0) is 19.5. The monoisotopic (exact) mass is 407 g/mol. The maximum absolute atomic E-state index is 12.5. The molecule has 1 fully saturated rings. The van der Waals surface area contributed by atoms with E-state index in [2.05, 4.69) is 4.72 Å². The number of halogens is 1. The molecule has 144 valence electrons. The van der Waals surface area contributed by atoms with Crippen LogP contribution in [0, 0.1) is 5.41 Å². The molecule has 2 aromatic rings. The molecule has 2 N–H and O–H groups in total. The summed E-state index contributed by atoms with van der Waals surface area (Å²) in [5.41, 5.74) is 1.76. The predicted octanol–water partition coefficient (Wildman–Crippen LogP) is 3.66. The van der Waals surface area contributed by atoms with E-state index in [1.807, 2.05) is 24.3 Å². The molecule has 0 spiro atoms. The van der Waals surface area contributed by atoms with Crippen LogP contribution in [0.2, 0.25) is 5.02 Å². The van der Waals surface area contributed by atoms with Crippen LogP contribution in [0.1, 0.15) is 30.4 Å². The van der Waals surface area contributed by atoms with Crippen LogP contribution in [0.15, 0.2) is 53.4 Å². The second-order valence-corrected chi connectivity index (χ2v) is 9.40.